The molecule has 0 fully saturated rings. The number of ether oxygens (including phenoxy) is 1. The van der Waals surface area contributed by atoms with Crippen LogP contribution in [0, 0.1) is 0 Å². The molecule has 0 aliphatic carbocycles. The molecule has 1 aromatic carbocycles. The fraction of sp³-hybridized carbons (Fsp3) is 0.450. The van der Waals surface area contributed by atoms with Crippen LogP contribution in [0.25, 0.3) is 11.3 Å². The van der Waals surface area contributed by atoms with Crippen LogP contribution in [0.3, 0.4) is 0 Å². The molecule has 0 spiro atoms. The summed E-state index contributed by atoms with van der Waals surface area (Å²) < 4.78 is 5.03. The molecule has 128 valence electrons. The molecule has 0 bridgehead atoms. The number of rotatable bonds is 9. The zero-order valence-corrected chi connectivity index (χ0v) is 14.6. The molecule has 4 nitrogen and oxygen atoms in total. The van der Waals surface area contributed by atoms with Gasteiger partial charge in [0.05, 0.1) is 17.6 Å². The summed E-state index contributed by atoms with van der Waals surface area (Å²) in [7, 11) is 0. The first-order chi connectivity index (χ1) is 11.7. The number of aromatic nitrogens is 2. The molecule has 1 heterocycles. The second kappa shape index (κ2) is 9.81. The molecule has 0 N–H and O–H groups in total. The van der Waals surface area contributed by atoms with E-state index < -0.39 is 0 Å². The van der Waals surface area contributed by atoms with Gasteiger partial charge in [0.2, 0.25) is 0 Å². The van der Waals surface area contributed by atoms with Crippen molar-refractivity contribution in [2.45, 2.75) is 58.8 Å². The summed E-state index contributed by atoms with van der Waals surface area (Å²) >= 11 is 0. The zero-order chi connectivity index (χ0) is 17.2. The van der Waals surface area contributed by atoms with Gasteiger partial charge in [0.1, 0.15) is 5.75 Å². The largest absolute Gasteiger partial charge is 0.427 e. The highest BCUT2D eigenvalue weighted by Gasteiger charge is 2.03. The average molecular weight is 326 g/mol. The van der Waals surface area contributed by atoms with E-state index in [0.717, 1.165) is 23.4 Å². The van der Waals surface area contributed by atoms with Crippen LogP contribution >= 0.6 is 0 Å². The van der Waals surface area contributed by atoms with E-state index in [1.165, 1.54) is 45.4 Å². The molecular weight excluding hydrogens is 300 g/mol. The molecule has 0 amide bonds. The Hall–Kier alpha value is -2.23. The quantitative estimate of drug-likeness (QED) is 0.371. The number of hydrogen-bond acceptors (Lipinski definition) is 4. The maximum absolute atomic E-state index is 10.9. The molecule has 0 radical (unpaired) electrons. The number of esters is 1. The lowest BCUT2D eigenvalue weighted by Crippen LogP contribution is -2.01. The smallest absolute Gasteiger partial charge is 0.308 e. The van der Waals surface area contributed by atoms with Gasteiger partial charge in [-0.15, -0.1) is 0 Å². The standard InChI is InChI=1S/C20H26N2O2/c1-3-4-5-6-7-8-9-18-14-22-20(15-21-18)17-10-12-19(13-11-17)24-16(2)23/h10-15H,3-9H2,1-2H3. The molecule has 0 unspecified atom stereocenters. The molecule has 1 aromatic heterocycles. The summed E-state index contributed by atoms with van der Waals surface area (Å²) in [6, 6.07) is 7.30. The first-order valence-corrected chi connectivity index (χ1v) is 8.79. The van der Waals surface area contributed by atoms with Crippen LogP contribution in [0.1, 0.15) is 58.1 Å². The number of hydrogen-bond donors (Lipinski definition) is 0. The summed E-state index contributed by atoms with van der Waals surface area (Å²) in [6.45, 7) is 3.63. The van der Waals surface area contributed by atoms with Gasteiger partial charge in [-0.2, -0.15) is 0 Å². The molecule has 0 saturated heterocycles. The van der Waals surface area contributed by atoms with Gasteiger partial charge >= 0.3 is 5.97 Å². The van der Waals surface area contributed by atoms with Crippen LogP contribution in [0.2, 0.25) is 0 Å². The molecule has 0 saturated carbocycles. The van der Waals surface area contributed by atoms with E-state index in [-0.39, 0.29) is 5.97 Å². The van der Waals surface area contributed by atoms with Crippen molar-refractivity contribution < 1.29 is 9.53 Å². The van der Waals surface area contributed by atoms with Gasteiger partial charge in [0.15, 0.2) is 0 Å². The SMILES string of the molecule is CCCCCCCCc1cnc(-c2ccc(OC(C)=O)cc2)cn1. The minimum atomic E-state index is -0.318. The minimum Gasteiger partial charge on any atom is -0.427 e. The Morgan fingerprint density at radius 1 is 0.958 bits per heavy atom. The lowest BCUT2D eigenvalue weighted by Gasteiger charge is -2.05. The summed E-state index contributed by atoms with van der Waals surface area (Å²) in [5.74, 6) is 0.223. The predicted molar refractivity (Wildman–Crippen MR) is 95.9 cm³/mol. The molecule has 24 heavy (non-hydrogen) atoms. The van der Waals surface area contributed by atoms with Gasteiger partial charge in [-0.3, -0.25) is 14.8 Å². The fourth-order valence-corrected chi connectivity index (χ4v) is 2.58. The van der Waals surface area contributed by atoms with Crippen molar-refractivity contribution in [1.29, 1.82) is 0 Å². The third-order valence-electron chi connectivity index (χ3n) is 3.90. The van der Waals surface area contributed by atoms with Gasteiger partial charge in [-0.1, -0.05) is 39.0 Å². The van der Waals surface area contributed by atoms with Crippen molar-refractivity contribution in [3.05, 3.63) is 42.4 Å². The van der Waals surface area contributed by atoms with Crippen molar-refractivity contribution in [3.8, 4) is 17.0 Å². The summed E-state index contributed by atoms with van der Waals surface area (Å²) in [6.07, 6.45) is 12.4. The Morgan fingerprint density at radius 3 is 2.29 bits per heavy atom. The average Bonchev–Trinajstić information content (AvgIpc) is 2.59. The van der Waals surface area contributed by atoms with E-state index in [4.69, 9.17) is 4.74 Å². The number of carbonyl (C=O) groups excluding carboxylic acids is 1. The summed E-state index contributed by atoms with van der Waals surface area (Å²) in [4.78, 5) is 19.9. The van der Waals surface area contributed by atoms with Crippen LogP contribution in [0.5, 0.6) is 5.75 Å². The van der Waals surface area contributed by atoms with E-state index in [0.29, 0.717) is 5.75 Å². The van der Waals surface area contributed by atoms with Crippen LogP contribution in [-0.4, -0.2) is 15.9 Å². The van der Waals surface area contributed by atoms with Gasteiger partial charge in [0, 0.05) is 18.7 Å². The van der Waals surface area contributed by atoms with E-state index >= 15 is 0 Å². The number of benzene rings is 1. The molecule has 0 atom stereocenters. The zero-order valence-electron chi connectivity index (χ0n) is 14.6. The highest BCUT2D eigenvalue weighted by atomic mass is 16.5. The maximum Gasteiger partial charge on any atom is 0.308 e. The number of unbranched alkanes of at least 4 members (excludes halogenated alkanes) is 5. The van der Waals surface area contributed by atoms with Crippen molar-refractivity contribution in [3.63, 3.8) is 0 Å². The lowest BCUT2D eigenvalue weighted by atomic mass is 10.1. The van der Waals surface area contributed by atoms with Crippen molar-refractivity contribution >= 4 is 5.97 Å². The molecule has 4 heteroatoms. The predicted octanol–water partition coefficient (Wildman–Crippen LogP) is 4.97. The van der Waals surface area contributed by atoms with E-state index in [2.05, 4.69) is 16.9 Å². The third-order valence-corrected chi connectivity index (χ3v) is 3.90. The normalized spacial score (nSPS) is 10.6. The van der Waals surface area contributed by atoms with Crippen LogP contribution in [0.15, 0.2) is 36.7 Å². The minimum absolute atomic E-state index is 0.318. The Kier molecular flexibility index (Phi) is 7.40. The van der Waals surface area contributed by atoms with E-state index in [1.54, 1.807) is 12.1 Å². The first kappa shape index (κ1) is 18.1. The Morgan fingerprint density at radius 2 is 1.67 bits per heavy atom. The molecule has 0 aliphatic heterocycles. The van der Waals surface area contributed by atoms with E-state index in [9.17, 15) is 4.79 Å². The van der Waals surface area contributed by atoms with Gasteiger partial charge in [-0.05, 0) is 37.1 Å². The Labute approximate surface area is 144 Å². The molecule has 2 aromatic rings. The van der Waals surface area contributed by atoms with Gasteiger partial charge in [0.25, 0.3) is 0 Å². The van der Waals surface area contributed by atoms with Crippen molar-refractivity contribution in [2.24, 2.45) is 0 Å². The summed E-state index contributed by atoms with van der Waals surface area (Å²) in [5, 5.41) is 0. The third kappa shape index (κ3) is 6.11. The number of carbonyl (C=O) groups is 1. The highest BCUT2D eigenvalue weighted by Crippen LogP contribution is 2.20. The molecular formula is C20H26N2O2. The van der Waals surface area contributed by atoms with Gasteiger partial charge in [-0.25, -0.2) is 0 Å². The first-order valence-electron chi connectivity index (χ1n) is 8.79. The van der Waals surface area contributed by atoms with E-state index in [1.807, 2.05) is 24.5 Å². The van der Waals surface area contributed by atoms with Crippen molar-refractivity contribution in [2.75, 3.05) is 0 Å². The molecule has 2 rings (SSSR count). The van der Waals surface area contributed by atoms with Gasteiger partial charge < -0.3 is 4.74 Å². The topological polar surface area (TPSA) is 52.1 Å². The Balaban J connectivity index is 1.84. The van der Waals surface area contributed by atoms with Crippen molar-refractivity contribution in [1.82, 2.24) is 9.97 Å². The van der Waals surface area contributed by atoms with Crippen LogP contribution < -0.4 is 4.74 Å². The second-order valence-electron chi connectivity index (χ2n) is 6.03. The fourth-order valence-electron chi connectivity index (χ4n) is 2.58. The second-order valence-corrected chi connectivity index (χ2v) is 6.03. The van der Waals surface area contributed by atoms with Crippen LogP contribution in [0.4, 0.5) is 0 Å². The number of nitrogens with zero attached hydrogens (tertiary/aromatic N) is 2. The monoisotopic (exact) mass is 326 g/mol. The highest BCUT2D eigenvalue weighted by molar-refractivity contribution is 5.69. The number of aryl methyl sites for hydroxylation is 1. The molecule has 0 aliphatic rings. The summed E-state index contributed by atoms with van der Waals surface area (Å²) in [5.41, 5.74) is 2.84. The Bertz CT molecular complexity index is 621. The lowest BCUT2D eigenvalue weighted by molar-refractivity contribution is -0.131. The maximum atomic E-state index is 10.9. The van der Waals surface area contributed by atoms with Crippen LogP contribution in [-0.2, 0) is 11.2 Å².